The average Bonchev–Trinajstić information content (AvgIpc) is 2.85. The van der Waals surface area contributed by atoms with Crippen molar-refractivity contribution in [2.75, 3.05) is 5.32 Å². The first-order valence-electron chi connectivity index (χ1n) is 10.7. The molecule has 6 heteroatoms. The number of aromatic nitrogens is 2. The van der Waals surface area contributed by atoms with Gasteiger partial charge in [-0.1, -0.05) is 60.7 Å². The minimum atomic E-state index is -0.804. The van der Waals surface area contributed by atoms with Gasteiger partial charge in [0.1, 0.15) is 5.82 Å². The van der Waals surface area contributed by atoms with Gasteiger partial charge >= 0.3 is 0 Å². The Kier molecular flexibility index (Phi) is 6.47. The van der Waals surface area contributed by atoms with Gasteiger partial charge in [0.05, 0.1) is 6.04 Å². The Bertz CT molecular complexity index is 1260. The number of pyridine rings is 2. The quantitative estimate of drug-likeness (QED) is 0.478. The fourth-order valence-corrected chi connectivity index (χ4v) is 3.95. The molecule has 4 rings (SSSR count). The van der Waals surface area contributed by atoms with E-state index in [1.54, 1.807) is 29.9 Å². The molecule has 4 aromatic rings. The summed E-state index contributed by atoms with van der Waals surface area (Å²) < 4.78 is 1.59. The molecule has 33 heavy (non-hydrogen) atoms. The highest BCUT2D eigenvalue weighted by molar-refractivity contribution is 5.95. The van der Waals surface area contributed by atoms with Crippen molar-refractivity contribution in [1.29, 1.82) is 0 Å². The van der Waals surface area contributed by atoms with Gasteiger partial charge in [0.25, 0.3) is 0 Å². The number of carbonyl (C=O) groups excluding carboxylic acids is 1. The molecule has 0 fully saturated rings. The smallest absolute Gasteiger partial charge is 0.250 e. The minimum Gasteiger partial charge on any atom is -0.319 e. The van der Waals surface area contributed by atoms with Crippen molar-refractivity contribution in [1.82, 2.24) is 9.55 Å². The Morgan fingerprint density at radius 3 is 2.06 bits per heavy atom. The lowest BCUT2D eigenvalue weighted by atomic mass is 9.85. The fraction of sp³-hybridized carbons (Fsp3) is 0.148. The van der Waals surface area contributed by atoms with Crippen molar-refractivity contribution < 1.29 is 4.79 Å². The second kappa shape index (κ2) is 9.63. The third-order valence-corrected chi connectivity index (χ3v) is 5.92. The molecule has 0 saturated heterocycles. The number of nitrogens with two attached hydrogens (primary N) is 1. The first kappa shape index (κ1) is 22.2. The molecule has 0 aliphatic heterocycles. The highest BCUT2D eigenvalue weighted by atomic mass is 16.2. The van der Waals surface area contributed by atoms with Crippen LogP contribution in [0, 0.1) is 6.92 Å². The number of hydrogen-bond donors (Lipinski definition) is 2. The first-order valence-corrected chi connectivity index (χ1v) is 10.7. The third-order valence-electron chi connectivity index (χ3n) is 5.92. The van der Waals surface area contributed by atoms with E-state index in [1.165, 1.54) is 6.07 Å². The molecule has 2 heterocycles. The Hall–Kier alpha value is -4.03. The molecule has 0 bridgehead atoms. The average molecular weight is 439 g/mol. The minimum absolute atomic E-state index is 0.0616. The molecule has 166 valence electrons. The van der Waals surface area contributed by atoms with Gasteiger partial charge < -0.3 is 15.6 Å². The second-order valence-corrected chi connectivity index (χ2v) is 7.98. The van der Waals surface area contributed by atoms with Gasteiger partial charge in [-0.3, -0.25) is 9.59 Å². The molecule has 1 amide bonds. The van der Waals surface area contributed by atoms with Crippen molar-refractivity contribution >= 4 is 11.7 Å². The van der Waals surface area contributed by atoms with Crippen molar-refractivity contribution in [3.63, 3.8) is 0 Å². The summed E-state index contributed by atoms with van der Waals surface area (Å²) in [5, 5.41) is 2.85. The van der Waals surface area contributed by atoms with E-state index in [4.69, 9.17) is 5.73 Å². The molecule has 0 unspecified atom stereocenters. The maximum absolute atomic E-state index is 13.1. The van der Waals surface area contributed by atoms with Crippen LogP contribution < -0.4 is 16.6 Å². The van der Waals surface area contributed by atoms with Crippen LogP contribution in [0.2, 0.25) is 0 Å². The molecule has 2 aromatic carbocycles. The van der Waals surface area contributed by atoms with Crippen molar-refractivity contribution in [2.24, 2.45) is 12.8 Å². The summed E-state index contributed by atoms with van der Waals surface area (Å²) >= 11 is 0. The van der Waals surface area contributed by atoms with Crippen molar-refractivity contribution in [3.05, 3.63) is 118 Å². The predicted octanol–water partition coefficient (Wildman–Crippen LogP) is 3.85. The Balaban J connectivity index is 1.56. The largest absolute Gasteiger partial charge is 0.319 e. The second-order valence-electron chi connectivity index (χ2n) is 7.98. The third kappa shape index (κ3) is 4.76. The van der Waals surface area contributed by atoms with Gasteiger partial charge in [0.15, 0.2) is 0 Å². The number of anilines is 1. The summed E-state index contributed by atoms with van der Waals surface area (Å²) in [5.74, 6) is -0.187. The van der Waals surface area contributed by atoms with E-state index >= 15 is 0 Å². The molecule has 6 nitrogen and oxygen atoms in total. The number of benzene rings is 2. The van der Waals surface area contributed by atoms with E-state index in [0.717, 1.165) is 27.9 Å². The molecule has 1 atom stereocenters. The van der Waals surface area contributed by atoms with Crippen LogP contribution in [0.25, 0.3) is 11.1 Å². The van der Waals surface area contributed by atoms with Crippen molar-refractivity contribution in [2.45, 2.75) is 18.9 Å². The normalized spacial score (nSPS) is 11.9. The van der Waals surface area contributed by atoms with Gasteiger partial charge in [-0.2, -0.15) is 0 Å². The molecular weight excluding hydrogens is 412 g/mol. The van der Waals surface area contributed by atoms with E-state index in [0.29, 0.717) is 5.82 Å². The number of nitrogens with one attached hydrogen (secondary N) is 1. The van der Waals surface area contributed by atoms with Crippen LogP contribution in [0.1, 0.15) is 22.7 Å². The highest BCUT2D eigenvalue weighted by Crippen LogP contribution is 2.28. The standard InChI is InChI=1S/C27H26N4O2/c1-18-22(14-16-24(32)31(18)2)21-13-15-23(29-17-21)30-27(33)26(28)25(19-9-5-3-6-10-19)20-11-7-4-8-12-20/h3-17,25-26H,28H2,1-2H3,(H,29,30,33)/t26-/m0/s1. The van der Waals surface area contributed by atoms with Crippen LogP contribution in [0.4, 0.5) is 5.82 Å². The maximum Gasteiger partial charge on any atom is 0.250 e. The Labute approximate surface area is 192 Å². The van der Waals surface area contributed by atoms with Crippen LogP contribution in [-0.4, -0.2) is 21.5 Å². The molecule has 0 aliphatic rings. The molecular formula is C27H26N4O2. The fourth-order valence-electron chi connectivity index (χ4n) is 3.95. The predicted molar refractivity (Wildman–Crippen MR) is 131 cm³/mol. The zero-order valence-electron chi connectivity index (χ0n) is 18.6. The van der Waals surface area contributed by atoms with Gasteiger partial charge in [-0.05, 0) is 36.2 Å². The summed E-state index contributed by atoms with van der Waals surface area (Å²) in [6, 6.07) is 25.7. The monoisotopic (exact) mass is 438 g/mol. The zero-order chi connectivity index (χ0) is 23.4. The maximum atomic E-state index is 13.1. The highest BCUT2D eigenvalue weighted by Gasteiger charge is 2.28. The van der Waals surface area contributed by atoms with Gasteiger partial charge in [-0.15, -0.1) is 0 Å². The van der Waals surface area contributed by atoms with Crippen LogP contribution in [0.15, 0.2) is 95.9 Å². The number of nitrogens with zero attached hydrogens (tertiary/aromatic N) is 2. The zero-order valence-corrected chi connectivity index (χ0v) is 18.6. The van der Waals surface area contributed by atoms with Gasteiger partial charge in [0.2, 0.25) is 11.5 Å². The Morgan fingerprint density at radius 2 is 1.52 bits per heavy atom. The Morgan fingerprint density at radius 1 is 0.909 bits per heavy atom. The van der Waals surface area contributed by atoms with Crippen molar-refractivity contribution in [3.8, 4) is 11.1 Å². The lowest BCUT2D eigenvalue weighted by Crippen LogP contribution is -2.41. The van der Waals surface area contributed by atoms with E-state index in [1.807, 2.05) is 73.7 Å². The lowest BCUT2D eigenvalue weighted by molar-refractivity contribution is -0.117. The van der Waals surface area contributed by atoms with Gasteiger partial charge in [-0.25, -0.2) is 4.98 Å². The summed E-state index contributed by atoms with van der Waals surface area (Å²) in [6.45, 7) is 1.89. The molecule has 0 spiro atoms. The number of hydrogen-bond acceptors (Lipinski definition) is 4. The van der Waals surface area contributed by atoms with E-state index in [2.05, 4.69) is 10.3 Å². The van der Waals surface area contributed by atoms with Crippen LogP contribution in [0.3, 0.4) is 0 Å². The van der Waals surface area contributed by atoms with E-state index in [-0.39, 0.29) is 17.4 Å². The summed E-state index contributed by atoms with van der Waals surface area (Å²) in [4.78, 5) is 29.3. The molecule has 2 aromatic heterocycles. The number of amides is 1. The van der Waals surface area contributed by atoms with Crippen LogP contribution in [-0.2, 0) is 11.8 Å². The topological polar surface area (TPSA) is 90.0 Å². The number of carbonyl (C=O) groups is 1. The molecule has 0 saturated carbocycles. The molecule has 3 N–H and O–H groups in total. The van der Waals surface area contributed by atoms with E-state index < -0.39 is 6.04 Å². The number of rotatable bonds is 6. The lowest BCUT2D eigenvalue weighted by Gasteiger charge is -2.24. The summed E-state index contributed by atoms with van der Waals surface area (Å²) in [7, 11) is 1.74. The first-order chi connectivity index (χ1) is 16.0. The van der Waals surface area contributed by atoms with Crippen LogP contribution >= 0.6 is 0 Å². The summed E-state index contributed by atoms with van der Waals surface area (Å²) in [5.41, 5.74) is 11.0. The molecule has 0 aliphatic carbocycles. The van der Waals surface area contributed by atoms with E-state index in [9.17, 15) is 9.59 Å². The van der Waals surface area contributed by atoms with Gasteiger partial charge in [0, 0.05) is 42.0 Å². The van der Waals surface area contributed by atoms with Crippen LogP contribution in [0.5, 0.6) is 0 Å². The SMILES string of the molecule is Cc1c(-c2ccc(NC(=O)[C@@H](N)C(c3ccccc3)c3ccccc3)nc2)ccc(=O)n1C. The molecule has 0 radical (unpaired) electrons. The summed E-state index contributed by atoms with van der Waals surface area (Å²) in [6.07, 6.45) is 1.68.